The minimum absolute atomic E-state index is 0.0644. The van der Waals surface area contributed by atoms with Gasteiger partial charge in [0, 0.05) is 25.7 Å². The van der Waals surface area contributed by atoms with Crippen LogP contribution in [0.3, 0.4) is 0 Å². The Morgan fingerprint density at radius 3 is 2.49 bits per heavy atom. The first-order valence-electron chi connectivity index (χ1n) is 13.8. The summed E-state index contributed by atoms with van der Waals surface area (Å²) in [4.78, 5) is 39.9. The highest BCUT2D eigenvalue weighted by atomic mass is 16.5. The van der Waals surface area contributed by atoms with E-state index in [-0.39, 0.29) is 24.4 Å². The van der Waals surface area contributed by atoms with E-state index in [1.807, 2.05) is 25.7 Å². The summed E-state index contributed by atoms with van der Waals surface area (Å²) in [5.74, 6) is -0.499. The van der Waals surface area contributed by atoms with Crippen LogP contribution >= 0.6 is 0 Å². The van der Waals surface area contributed by atoms with E-state index in [0.29, 0.717) is 36.9 Å². The van der Waals surface area contributed by atoms with Crippen molar-refractivity contribution in [2.45, 2.75) is 91.8 Å². The quantitative estimate of drug-likeness (QED) is 0.238. The number of rotatable bonds is 11. The fourth-order valence-corrected chi connectivity index (χ4v) is 5.58. The van der Waals surface area contributed by atoms with Gasteiger partial charge in [-0.05, 0) is 54.7 Å². The van der Waals surface area contributed by atoms with Crippen LogP contribution in [0.2, 0.25) is 0 Å². The van der Waals surface area contributed by atoms with Crippen LogP contribution in [0.1, 0.15) is 76.0 Å². The number of benzene rings is 1. The Labute approximate surface area is 222 Å². The lowest BCUT2D eigenvalue weighted by Gasteiger charge is -2.35. The fraction of sp³-hybridized carbons (Fsp3) is 0.690. The Morgan fingerprint density at radius 1 is 1.16 bits per heavy atom. The highest BCUT2D eigenvalue weighted by Gasteiger charge is 2.39. The molecule has 1 saturated heterocycles. The highest BCUT2D eigenvalue weighted by molar-refractivity contribution is 5.89. The van der Waals surface area contributed by atoms with Gasteiger partial charge in [0.2, 0.25) is 18.2 Å². The number of amides is 3. The predicted molar refractivity (Wildman–Crippen MR) is 144 cm³/mol. The van der Waals surface area contributed by atoms with Gasteiger partial charge in [0.25, 0.3) is 0 Å². The van der Waals surface area contributed by atoms with Gasteiger partial charge in [-0.1, -0.05) is 64.7 Å². The van der Waals surface area contributed by atoms with E-state index in [0.717, 1.165) is 38.6 Å². The second kappa shape index (κ2) is 12.9. The number of hydrogen-bond donors (Lipinski definition) is 3. The molecule has 2 aliphatic rings. The maximum Gasteiger partial charge on any atom is 0.245 e. The van der Waals surface area contributed by atoms with E-state index >= 15 is 0 Å². The number of carbonyl (C=O) groups is 3. The van der Waals surface area contributed by atoms with Gasteiger partial charge in [-0.25, -0.2) is 5.06 Å². The van der Waals surface area contributed by atoms with Gasteiger partial charge in [-0.3, -0.25) is 19.6 Å². The van der Waals surface area contributed by atoms with Gasteiger partial charge in [0.05, 0.1) is 12.5 Å². The zero-order valence-electron chi connectivity index (χ0n) is 23.3. The standard InChI is InChI=1S/C29H46N4O4/c1-20-10-11-23(14-21(20)2)16-30-25-12-13-32(18-25)28(36)26(29(3,4)5)31-27(35)24(17-33(37)19-34)15-22-8-6-7-9-22/h10-11,14,19,22,24-26,30,37H,6-9,12-13,15-18H2,1-5H3,(H,31,35)/t24-,25-,26-/m1/s1. The van der Waals surface area contributed by atoms with Crippen molar-refractivity contribution < 1.29 is 19.6 Å². The van der Waals surface area contributed by atoms with Crippen LogP contribution in [-0.4, -0.2) is 65.1 Å². The minimum atomic E-state index is -0.687. The summed E-state index contributed by atoms with van der Waals surface area (Å²) in [5.41, 5.74) is 3.29. The molecule has 0 radical (unpaired) electrons. The van der Waals surface area contributed by atoms with Crippen LogP contribution in [-0.2, 0) is 20.9 Å². The minimum Gasteiger partial charge on any atom is -0.344 e. The summed E-state index contributed by atoms with van der Waals surface area (Å²) in [6.07, 6.45) is 6.21. The number of hydroxylamine groups is 2. The molecule has 0 unspecified atom stereocenters. The van der Waals surface area contributed by atoms with Crippen molar-refractivity contribution in [3.05, 3.63) is 34.9 Å². The van der Waals surface area contributed by atoms with E-state index in [4.69, 9.17) is 0 Å². The fourth-order valence-electron chi connectivity index (χ4n) is 5.58. The van der Waals surface area contributed by atoms with Crippen molar-refractivity contribution in [1.82, 2.24) is 20.6 Å². The third-order valence-corrected chi connectivity index (χ3v) is 8.06. The van der Waals surface area contributed by atoms with Crippen LogP contribution in [0.5, 0.6) is 0 Å². The monoisotopic (exact) mass is 514 g/mol. The van der Waals surface area contributed by atoms with Gasteiger partial charge >= 0.3 is 0 Å². The van der Waals surface area contributed by atoms with E-state index < -0.39 is 17.4 Å². The Kier molecular flexibility index (Phi) is 10.1. The summed E-state index contributed by atoms with van der Waals surface area (Å²) in [6.45, 7) is 12.0. The van der Waals surface area contributed by atoms with Gasteiger partial charge < -0.3 is 15.5 Å². The van der Waals surface area contributed by atoms with Gasteiger partial charge in [-0.2, -0.15) is 0 Å². The smallest absolute Gasteiger partial charge is 0.245 e. The number of hydrogen-bond acceptors (Lipinski definition) is 5. The molecule has 2 fully saturated rings. The SMILES string of the molecule is Cc1ccc(CN[C@@H]2CCN(C(=O)[C@@H](NC(=O)[C@H](CC3CCCC3)CN(O)C=O)C(C)(C)C)C2)cc1C. The largest absolute Gasteiger partial charge is 0.344 e. The lowest BCUT2D eigenvalue weighted by Crippen LogP contribution is -2.56. The lowest BCUT2D eigenvalue weighted by molar-refractivity contribution is -0.155. The summed E-state index contributed by atoms with van der Waals surface area (Å²) >= 11 is 0. The summed E-state index contributed by atoms with van der Waals surface area (Å²) in [6, 6.07) is 5.99. The first kappa shape index (κ1) is 29.1. The van der Waals surface area contributed by atoms with E-state index in [9.17, 15) is 19.6 Å². The van der Waals surface area contributed by atoms with Crippen molar-refractivity contribution in [3.8, 4) is 0 Å². The summed E-state index contributed by atoms with van der Waals surface area (Å²) < 4.78 is 0. The topological polar surface area (TPSA) is 102 Å². The molecule has 3 rings (SSSR count). The molecule has 1 aliphatic carbocycles. The molecule has 0 spiro atoms. The van der Waals surface area contributed by atoms with E-state index in [2.05, 4.69) is 42.7 Å². The van der Waals surface area contributed by atoms with Gasteiger partial charge in [0.1, 0.15) is 6.04 Å². The number of nitrogens with one attached hydrogen (secondary N) is 2. The van der Waals surface area contributed by atoms with Crippen LogP contribution in [0.4, 0.5) is 0 Å². The Morgan fingerprint density at radius 2 is 1.86 bits per heavy atom. The zero-order valence-corrected chi connectivity index (χ0v) is 23.3. The average molecular weight is 515 g/mol. The van der Waals surface area contributed by atoms with E-state index in [1.165, 1.54) is 16.7 Å². The second-order valence-electron chi connectivity index (χ2n) is 12.2. The number of carbonyl (C=O) groups excluding carboxylic acids is 3. The molecule has 3 amide bonds. The van der Waals surface area contributed by atoms with Gasteiger partial charge in [-0.15, -0.1) is 0 Å². The molecule has 1 aromatic rings. The second-order valence-corrected chi connectivity index (χ2v) is 12.2. The first-order chi connectivity index (χ1) is 17.5. The predicted octanol–water partition coefficient (Wildman–Crippen LogP) is 3.57. The van der Waals surface area contributed by atoms with Crippen molar-refractivity contribution in [2.75, 3.05) is 19.6 Å². The molecule has 3 atom stereocenters. The molecule has 8 heteroatoms. The average Bonchev–Trinajstić information content (AvgIpc) is 3.53. The van der Waals surface area contributed by atoms with Gasteiger partial charge in [0.15, 0.2) is 0 Å². The maximum absolute atomic E-state index is 13.6. The van der Waals surface area contributed by atoms with Crippen LogP contribution < -0.4 is 10.6 Å². The van der Waals surface area contributed by atoms with Crippen molar-refractivity contribution >= 4 is 18.2 Å². The number of nitrogens with zero attached hydrogens (tertiary/aromatic N) is 2. The molecular weight excluding hydrogens is 468 g/mol. The maximum atomic E-state index is 13.6. The van der Waals surface area contributed by atoms with Crippen LogP contribution in [0, 0.1) is 31.1 Å². The molecule has 206 valence electrons. The Bertz CT molecular complexity index is 938. The third-order valence-electron chi connectivity index (χ3n) is 8.06. The molecule has 0 aromatic heterocycles. The molecule has 3 N–H and O–H groups in total. The molecule has 1 aromatic carbocycles. The number of aryl methyl sites for hydroxylation is 2. The Hall–Kier alpha value is -2.45. The van der Waals surface area contributed by atoms with E-state index in [1.54, 1.807) is 0 Å². The summed E-state index contributed by atoms with van der Waals surface area (Å²) in [5, 5.41) is 17.0. The summed E-state index contributed by atoms with van der Waals surface area (Å²) in [7, 11) is 0. The Balaban J connectivity index is 1.62. The molecule has 37 heavy (non-hydrogen) atoms. The highest BCUT2D eigenvalue weighted by Crippen LogP contribution is 2.31. The number of likely N-dealkylation sites (tertiary alicyclic amines) is 1. The molecule has 0 bridgehead atoms. The molecular formula is C29H46N4O4. The zero-order chi connectivity index (χ0) is 27.2. The normalized spacial score (nSPS) is 20.1. The molecule has 8 nitrogen and oxygen atoms in total. The molecule has 1 saturated carbocycles. The molecule has 1 heterocycles. The van der Waals surface area contributed by atoms with Crippen LogP contribution in [0.25, 0.3) is 0 Å². The van der Waals surface area contributed by atoms with Crippen molar-refractivity contribution in [3.63, 3.8) is 0 Å². The van der Waals surface area contributed by atoms with Crippen LogP contribution in [0.15, 0.2) is 18.2 Å². The first-order valence-corrected chi connectivity index (χ1v) is 13.8. The molecule has 1 aliphatic heterocycles. The lowest BCUT2D eigenvalue weighted by atomic mass is 9.84. The third kappa shape index (κ3) is 8.27. The van der Waals surface area contributed by atoms with Crippen molar-refractivity contribution in [1.29, 1.82) is 0 Å². The van der Waals surface area contributed by atoms with Crippen molar-refractivity contribution in [2.24, 2.45) is 17.3 Å².